The predicted octanol–water partition coefficient (Wildman–Crippen LogP) is 3.79. The molecule has 0 fully saturated rings. The minimum atomic E-state index is -0.142. The zero-order chi connectivity index (χ0) is 13.9. The summed E-state index contributed by atoms with van der Waals surface area (Å²) in [6, 6.07) is 15.5. The fourth-order valence-corrected chi connectivity index (χ4v) is 2.81. The Morgan fingerprint density at radius 2 is 2.00 bits per heavy atom. The van der Waals surface area contributed by atoms with Crippen LogP contribution in [0.4, 0.5) is 0 Å². The lowest BCUT2D eigenvalue weighted by atomic mass is 10.2. The second-order valence-corrected chi connectivity index (χ2v) is 5.58. The molecule has 0 radical (unpaired) electrons. The lowest BCUT2D eigenvalue weighted by molar-refractivity contribution is 0.0936. The third-order valence-corrected chi connectivity index (χ3v) is 4.20. The van der Waals surface area contributed by atoms with Crippen molar-refractivity contribution in [3.05, 3.63) is 64.5 Å². The summed E-state index contributed by atoms with van der Waals surface area (Å²) in [6.07, 6.45) is 0. The summed E-state index contributed by atoms with van der Waals surface area (Å²) >= 11 is 1.64. The summed E-state index contributed by atoms with van der Waals surface area (Å²) in [4.78, 5) is 17.8. The summed E-state index contributed by atoms with van der Waals surface area (Å²) < 4.78 is 0. The Kier molecular flexibility index (Phi) is 3.48. The van der Waals surface area contributed by atoms with E-state index < -0.39 is 0 Å². The number of amides is 1. The Hall–Kier alpha value is -2.20. The Balaban J connectivity index is 1.82. The number of nitrogens with zero attached hydrogens (tertiary/aromatic N) is 1. The van der Waals surface area contributed by atoms with E-state index in [1.807, 2.05) is 54.8 Å². The lowest BCUT2D eigenvalue weighted by Crippen LogP contribution is -2.26. The van der Waals surface area contributed by atoms with E-state index in [-0.39, 0.29) is 11.9 Å². The monoisotopic (exact) mass is 282 g/mol. The van der Waals surface area contributed by atoms with Gasteiger partial charge >= 0.3 is 0 Å². The van der Waals surface area contributed by atoms with E-state index in [2.05, 4.69) is 10.3 Å². The molecule has 100 valence electrons. The van der Waals surface area contributed by atoms with E-state index in [9.17, 15) is 4.79 Å². The Morgan fingerprint density at radius 1 is 1.15 bits per heavy atom. The molecule has 0 aliphatic heterocycles. The molecule has 1 amide bonds. The maximum Gasteiger partial charge on any atom is 0.270 e. The number of benzene rings is 1. The highest BCUT2D eigenvalue weighted by Crippen LogP contribution is 2.19. The Labute approximate surface area is 121 Å². The molecule has 2 heterocycles. The highest BCUT2D eigenvalue weighted by atomic mass is 32.1. The van der Waals surface area contributed by atoms with E-state index >= 15 is 0 Å². The molecule has 0 spiro atoms. The van der Waals surface area contributed by atoms with Gasteiger partial charge in [-0.3, -0.25) is 4.79 Å². The van der Waals surface area contributed by atoms with Crippen LogP contribution in [0.25, 0.3) is 10.9 Å². The topological polar surface area (TPSA) is 42.0 Å². The molecular formula is C16H14N2OS. The molecule has 2 aromatic heterocycles. The molecule has 4 heteroatoms. The number of para-hydroxylation sites is 1. The molecule has 3 rings (SSSR count). The fourth-order valence-electron chi connectivity index (χ4n) is 2.07. The van der Waals surface area contributed by atoms with Gasteiger partial charge < -0.3 is 5.32 Å². The first-order chi connectivity index (χ1) is 9.74. The smallest absolute Gasteiger partial charge is 0.270 e. The van der Waals surface area contributed by atoms with Crippen molar-refractivity contribution in [2.45, 2.75) is 13.0 Å². The van der Waals surface area contributed by atoms with Gasteiger partial charge in [-0.05, 0) is 30.5 Å². The third-order valence-electron chi connectivity index (χ3n) is 3.15. The van der Waals surface area contributed by atoms with Gasteiger partial charge in [-0.25, -0.2) is 4.98 Å². The minimum Gasteiger partial charge on any atom is -0.343 e. The summed E-state index contributed by atoms with van der Waals surface area (Å²) in [5, 5.41) is 6.02. The lowest BCUT2D eigenvalue weighted by Gasteiger charge is -2.12. The van der Waals surface area contributed by atoms with Gasteiger partial charge in [-0.15, -0.1) is 11.3 Å². The SMILES string of the molecule is C[C@H](NC(=O)c1ccc2ccccc2n1)c1cccs1. The van der Waals surface area contributed by atoms with Gasteiger partial charge in [0.1, 0.15) is 5.69 Å². The molecule has 1 aromatic carbocycles. The van der Waals surface area contributed by atoms with Crippen molar-refractivity contribution in [2.75, 3.05) is 0 Å². The number of nitrogens with one attached hydrogen (secondary N) is 1. The number of carbonyl (C=O) groups excluding carboxylic acids is 1. The number of rotatable bonds is 3. The van der Waals surface area contributed by atoms with Gasteiger partial charge in [-0.2, -0.15) is 0 Å². The van der Waals surface area contributed by atoms with Crippen LogP contribution in [0.15, 0.2) is 53.9 Å². The van der Waals surface area contributed by atoms with Crippen molar-refractivity contribution in [3.63, 3.8) is 0 Å². The third kappa shape index (κ3) is 2.56. The second-order valence-electron chi connectivity index (χ2n) is 4.60. The fraction of sp³-hybridized carbons (Fsp3) is 0.125. The molecular weight excluding hydrogens is 268 g/mol. The molecule has 0 unspecified atom stereocenters. The summed E-state index contributed by atoms with van der Waals surface area (Å²) in [5.41, 5.74) is 1.29. The molecule has 0 aliphatic carbocycles. The summed E-state index contributed by atoms with van der Waals surface area (Å²) in [7, 11) is 0. The maximum atomic E-state index is 12.2. The molecule has 0 saturated heterocycles. The molecule has 0 saturated carbocycles. The quantitative estimate of drug-likeness (QED) is 0.794. The first-order valence-corrected chi connectivity index (χ1v) is 7.32. The number of hydrogen-bond acceptors (Lipinski definition) is 3. The van der Waals surface area contributed by atoms with Crippen LogP contribution in [0.2, 0.25) is 0 Å². The standard InChI is InChI=1S/C16H14N2OS/c1-11(15-7-4-10-20-15)17-16(19)14-9-8-12-5-2-3-6-13(12)18-14/h2-11H,1H3,(H,17,19)/t11-/m0/s1. The van der Waals surface area contributed by atoms with Gasteiger partial charge in [0, 0.05) is 10.3 Å². The average molecular weight is 282 g/mol. The van der Waals surface area contributed by atoms with Gasteiger partial charge in [0.15, 0.2) is 0 Å². The average Bonchev–Trinajstić information content (AvgIpc) is 3.01. The minimum absolute atomic E-state index is 0.00392. The van der Waals surface area contributed by atoms with Crippen LogP contribution in [-0.2, 0) is 0 Å². The van der Waals surface area contributed by atoms with Crippen LogP contribution >= 0.6 is 11.3 Å². The first-order valence-electron chi connectivity index (χ1n) is 6.44. The zero-order valence-corrected chi connectivity index (χ0v) is 11.9. The van der Waals surface area contributed by atoms with Crippen molar-refractivity contribution >= 4 is 28.1 Å². The number of thiophene rings is 1. The van der Waals surface area contributed by atoms with Gasteiger partial charge in [0.2, 0.25) is 0 Å². The van der Waals surface area contributed by atoms with Crippen LogP contribution in [0.3, 0.4) is 0 Å². The Morgan fingerprint density at radius 3 is 2.80 bits per heavy atom. The second kappa shape index (κ2) is 5.43. The number of hydrogen-bond donors (Lipinski definition) is 1. The summed E-state index contributed by atoms with van der Waals surface area (Å²) in [6.45, 7) is 1.98. The molecule has 1 atom stereocenters. The molecule has 3 aromatic rings. The highest BCUT2D eigenvalue weighted by Gasteiger charge is 2.13. The number of carbonyl (C=O) groups is 1. The number of aromatic nitrogens is 1. The van der Waals surface area contributed by atoms with Crippen LogP contribution < -0.4 is 5.32 Å². The van der Waals surface area contributed by atoms with Gasteiger partial charge in [-0.1, -0.05) is 30.3 Å². The maximum absolute atomic E-state index is 12.2. The zero-order valence-electron chi connectivity index (χ0n) is 11.0. The van der Waals surface area contributed by atoms with Crippen LogP contribution in [0.1, 0.15) is 28.3 Å². The molecule has 20 heavy (non-hydrogen) atoms. The number of fused-ring (bicyclic) bond motifs is 1. The van der Waals surface area contributed by atoms with E-state index in [1.54, 1.807) is 17.4 Å². The molecule has 1 N–H and O–H groups in total. The Bertz CT molecular complexity index is 737. The summed E-state index contributed by atoms with van der Waals surface area (Å²) in [5.74, 6) is -0.142. The predicted molar refractivity (Wildman–Crippen MR) is 81.9 cm³/mol. The van der Waals surface area contributed by atoms with Crippen molar-refractivity contribution in [1.82, 2.24) is 10.3 Å². The molecule has 3 nitrogen and oxygen atoms in total. The van der Waals surface area contributed by atoms with Crippen LogP contribution in [0.5, 0.6) is 0 Å². The van der Waals surface area contributed by atoms with Gasteiger partial charge in [0.05, 0.1) is 11.6 Å². The van der Waals surface area contributed by atoms with E-state index in [1.165, 1.54) is 0 Å². The van der Waals surface area contributed by atoms with Gasteiger partial charge in [0.25, 0.3) is 5.91 Å². The number of pyridine rings is 1. The highest BCUT2D eigenvalue weighted by molar-refractivity contribution is 7.10. The largest absolute Gasteiger partial charge is 0.343 e. The first kappa shape index (κ1) is 12.8. The molecule has 0 bridgehead atoms. The van der Waals surface area contributed by atoms with Crippen LogP contribution in [0, 0.1) is 0 Å². The van der Waals surface area contributed by atoms with Crippen molar-refractivity contribution in [2.24, 2.45) is 0 Å². The van der Waals surface area contributed by atoms with Crippen LogP contribution in [-0.4, -0.2) is 10.9 Å². The van der Waals surface area contributed by atoms with Crippen molar-refractivity contribution < 1.29 is 4.79 Å². The van der Waals surface area contributed by atoms with E-state index in [0.29, 0.717) is 5.69 Å². The van der Waals surface area contributed by atoms with E-state index in [4.69, 9.17) is 0 Å². The van der Waals surface area contributed by atoms with Crippen molar-refractivity contribution in [1.29, 1.82) is 0 Å². The van der Waals surface area contributed by atoms with E-state index in [0.717, 1.165) is 15.8 Å². The van der Waals surface area contributed by atoms with Crippen molar-refractivity contribution in [3.8, 4) is 0 Å². The normalized spacial score (nSPS) is 12.2. The molecule has 0 aliphatic rings.